The summed E-state index contributed by atoms with van der Waals surface area (Å²) in [5.41, 5.74) is 0. The summed E-state index contributed by atoms with van der Waals surface area (Å²) >= 11 is 0. The van der Waals surface area contributed by atoms with Crippen molar-refractivity contribution in [1.82, 2.24) is 0 Å². The molecule has 0 aliphatic heterocycles. The highest BCUT2D eigenvalue weighted by molar-refractivity contribution is 5.36. The van der Waals surface area contributed by atoms with Gasteiger partial charge < -0.3 is 14.2 Å². The maximum atomic E-state index is 9.81. The van der Waals surface area contributed by atoms with E-state index >= 15 is 0 Å². The first-order valence-electron chi connectivity index (χ1n) is 4.19. The van der Waals surface area contributed by atoms with Crippen LogP contribution in [0.25, 0.3) is 0 Å². The van der Waals surface area contributed by atoms with Gasteiger partial charge in [0.15, 0.2) is 0 Å². The van der Waals surface area contributed by atoms with E-state index in [1.807, 2.05) is 0 Å². The molecule has 0 saturated heterocycles. The SMILES string of the molecule is COc1ccc(OCCOC=O)cc1. The van der Waals surface area contributed by atoms with Crippen LogP contribution in [0.15, 0.2) is 24.3 Å². The molecule has 76 valence electrons. The first-order valence-corrected chi connectivity index (χ1v) is 4.19. The molecule has 1 aromatic rings. The molecule has 0 heterocycles. The van der Waals surface area contributed by atoms with Gasteiger partial charge in [-0.05, 0) is 24.3 Å². The Morgan fingerprint density at radius 1 is 1.14 bits per heavy atom. The zero-order valence-corrected chi connectivity index (χ0v) is 7.93. The van der Waals surface area contributed by atoms with Crippen molar-refractivity contribution < 1.29 is 19.0 Å². The fraction of sp³-hybridized carbons (Fsp3) is 0.300. The molecule has 1 rings (SSSR count). The monoisotopic (exact) mass is 196 g/mol. The normalized spacial score (nSPS) is 9.21. The highest BCUT2D eigenvalue weighted by atomic mass is 16.5. The van der Waals surface area contributed by atoms with Gasteiger partial charge in [-0.25, -0.2) is 0 Å². The molecule has 0 amide bonds. The highest BCUT2D eigenvalue weighted by Crippen LogP contribution is 2.16. The highest BCUT2D eigenvalue weighted by Gasteiger charge is 1.94. The first-order chi connectivity index (χ1) is 6.86. The van der Waals surface area contributed by atoms with Crippen molar-refractivity contribution in [2.45, 2.75) is 0 Å². The predicted molar refractivity (Wildman–Crippen MR) is 50.5 cm³/mol. The molecule has 0 aromatic heterocycles. The van der Waals surface area contributed by atoms with Crippen molar-refractivity contribution >= 4 is 6.47 Å². The number of hydrogen-bond donors (Lipinski definition) is 0. The third-order valence-electron chi connectivity index (χ3n) is 1.60. The first kappa shape index (κ1) is 10.4. The molecule has 0 aliphatic carbocycles. The van der Waals surface area contributed by atoms with Gasteiger partial charge in [0.2, 0.25) is 0 Å². The third kappa shape index (κ3) is 3.35. The van der Waals surface area contributed by atoms with Gasteiger partial charge in [0.05, 0.1) is 7.11 Å². The molecule has 0 N–H and O–H groups in total. The van der Waals surface area contributed by atoms with Crippen LogP contribution in [-0.2, 0) is 9.53 Å². The summed E-state index contributed by atoms with van der Waals surface area (Å²) in [4.78, 5) is 9.81. The maximum Gasteiger partial charge on any atom is 0.293 e. The number of benzene rings is 1. The molecule has 14 heavy (non-hydrogen) atoms. The number of methoxy groups -OCH3 is 1. The van der Waals surface area contributed by atoms with Crippen LogP contribution in [-0.4, -0.2) is 26.8 Å². The quantitative estimate of drug-likeness (QED) is 0.507. The van der Waals surface area contributed by atoms with Crippen LogP contribution in [0, 0.1) is 0 Å². The van der Waals surface area contributed by atoms with Crippen molar-refractivity contribution in [3.63, 3.8) is 0 Å². The standard InChI is InChI=1S/C10H12O4/c1-12-9-2-4-10(5-3-9)14-7-6-13-8-11/h2-5,8H,6-7H2,1H3. The Bertz CT molecular complexity index is 268. The lowest BCUT2D eigenvalue weighted by atomic mass is 10.3. The Hall–Kier alpha value is -1.71. The van der Waals surface area contributed by atoms with E-state index in [9.17, 15) is 4.79 Å². The lowest BCUT2D eigenvalue weighted by Gasteiger charge is -2.05. The second-order valence-corrected chi connectivity index (χ2v) is 2.49. The van der Waals surface area contributed by atoms with Gasteiger partial charge in [-0.2, -0.15) is 0 Å². The van der Waals surface area contributed by atoms with E-state index in [1.54, 1.807) is 31.4 Å². The number of carbonyl (C=O) groups is 1. The number of hydrogen-bond acceptors (Lipinski definition) is 4. The van der Waals surface area contributed by atoms with Gasteiger partial charge in [-0.1, -0.05) is 0 Å². The van der Waals surface area contributed by atoms with Crippen LogP contribution in [0.2, 0.25) is 0 Å². The van der Waals surface area contributed by atoms with Crippen molar-refractivity contribution in [3.05, 3.63) is 24.3 Å². The Kier molecular flexibility index (Phi) is 4.34. The lowest BCUT2D eigenvalue weighted by Crippen LogP contribution is -2.05. The average molecular weight is 196 g/mol. The van der Waals surface area contributed by atoms with Crippen LogP contribution >= 0.6 is 0 Å². The molecule has 0 spiro atoms. The summed E-state index contributed by atoms with van der Waals surface area (Å²) in [6.45, 7) is 1.01. The minimum atomic E-state index is 0.259. The summed E-state index contributed by atoms with van der Waals surface area (Å²) in [5.74, 6) is 1.50. The van der Waals surface area contributed by atoms with Crippen molar-refractivity contribution in [3.8, 4) is 11.5 Å². The van der Waals surface area contributed by atoms with Crippen LogP contribution in [0.3, 0.4) is 0 Å². The van der Waals surface area contributed by atoms with Gasteiger partial charge in [-0.15, -0.1) is 0 Å². The molecular formula is C10H12O4. The van der Waals surface area contributed by atoms with Crippen LogP contribution in [0.4, 0.5) is 0 Å². The molecule has 0 bridgehead atoms. The van der Waals surface area contributed by atoms with E-state index < -0.39 is 0 Å². The smallest absolute Gasteiger partial charge is 0.293 e. The molecule has 1 aromatic carbocycles. The number of ether oxygens (including phenoxy) is 3. The number of carbonyl (C=O) groups excluding carboxylic acids is 1. The summed E-state index contributed by atoms with van der Waals surface area (Å²) in [6, 6.07) is 7.19. The fourth-order valence-corrected chi connectivity index (χ4v) is 0.928. The van der Waals surface area contributed by atoms with Crippen LogP contribution < -0.4 is 9.47 Å². The summed E-state index contributed by atoms with van der Waals surface area (Å²) in [5, 5.41) is 0. The van der Waals surface area contributed by atoms with E-state index in [1.165, 1.54) is 0 Å². The van der Waals surface area contributed by atoms with E-state index in [0.717, 1.165) is 11.5 Å². The second-order valence-electron chi connectivity index (χ2n) is 2.49. The van der Waals surface area contributed by atoms with Gasteiger partial charge in [0.1, 0.15) is 24.7 Å². The maximum absolute atomic E-state index is 9.81. The molecule has 0 atom stereocenters. The molecule has 0 aliphatic rings. The zero-order valence-electron chi connectivity index (χ0n) is 7.93. The Morgan fingerprint density at radius 2 is 1.79 bits per heavy atom. The molecule has 0 saturated carbocycles. The molecule has 0 fully saturated rings. The Morgan fingerprint density at radius 3 is 2.36 bits per heavy atom. The molecule has 4 heteroatoms. The minimum Gasteiger partial charge on any atom is -0.497 e. The third-order valence-corrected chi connectivity index (χ3v) is 1.60. The van der Waals surface area contributed by atoms with Crippen molar-refractivity contribution in [2.24, 2.45) is 0 Å². The minimum absolute atomic E-state index is 0.259. The van der Waals surface area contributed by atoms with E-state index in [2.05, 4.69) is 4.74 Å². The largest absolute Gasteiger partial charge is 0.497 e. The molecule has 0 unspecified atom stereocenters. The van der Waals surface area contributed by atoms with E-state index in [-0.39, 0.29) is 6.61 Å². The molecule has 4 nitrogen and oxygen atoms in total. The van der Waals surface area contributed by atoms with Crippen molar-refractivity contribution in [2.75, 3.05) is 20.3 Å². The number of rotatable bonds is 6. The van der Waals surface area contributed by atoms with E-state index in [0.29, 0.717) is 13.1 Å². The molecular weight excluding hydrogens is 184 g/mol. The predicted octanol–water partition coefficient (Wildman–Crippen LogP) is 1.25. The Labute approximate surface area is 82.4 Å². The van der Waals surface area contributed by atoms with Gasteiger partial charge >= 0.3 is 0 Å². The summed E-state index contributed by atoms with van der Waals surface area (Å²) < 4.78 is 14.7. The van der Waals surface area contributed by atoms with Crippen LogP contribution in [0.1, 0.15) is 0 Å². The van der Waals surface area contributed by atoms with E-state index in [4.69, 9.17) is 9.47 Å². The van der Waals surface area contributed by atoms with Gasteiger partial charge in [0.25, 0.3) is 6.47 Å². The van der Waals surface area contributed by atoms with Gasteiger partial charge in [-0.3, -0.25) is 4.79 Å². The van der Waals surface area contributed by atoms with Crippen LogP contribution in [0.5, 0.6) is 11.5 Å². The average Bonchev–Trinajstić information content (AvgIpc) is 2.25. The lowest BCUT2D eigenvalue weighted by molar-refractivity contribution is -0.129. The van der Waals surface area contributed by atoms with Crippen molar-refractivity contribution in [1.29, 1.82) is 0 Å². The Balaban J connectivity index is 2.32. The topological polar surface area (TPSA) is 44.8 Å². The second kappa shape index (κ2) is 5.85. The summed E-state index contributed by atoms with van der Waals surface area (Å²) in [7, 11) is 1.60. The zero-order chi connectivity index (χ0) is 10.2. The molecule has 0 radical (unpaired) electrons. The fourth-order valence-electron chi connectivity index (χ4n) is 0.928. The van der Waals surface area contributed by atoms with Gasteiger partial charge in [0, 0.05) is 0 Å². The summed E-state index contributed by atoms with van der Waals surface area (Å²) in [6.07, 6.45) is 0.